The Morgan fingerprint density at radius 2 is 0.821 bits per heavy atom. The smallest absolute Gasteiger partial charge is 0.0943 e. The number of hydrogen-bond acceptors (Lipinski definition) is 0. The summed E-state index contributed by atoms with van der Waals surface area (Å²) < 4.78 is 0. The third kappa shape index (κ3) is 4.86. The summed E-state index contributed by atoms with van der Waals surface area (Å²) in [6.07, 6.45) is 12.3. The van der Waals surface area contributed by atoms with Crippen LogP contribution in [0, 0.1) is 17.8 Å². The first kappa shape index (κ1) is 24.7. The van der Waals surface area contributed by atoms with Gasteiger partial charge in [-0.3, -0.25) is 0 Å². The van der Waals surface area contributed by atoms with Crippen LogP contribution < -0.4 is 0 Å². The van der Waals surface area contributed by atoms with Gasteiger partial charge in [0.1, 0.15) is 0 Å². The number of halogens is 1. The Labute approximate surface area is 236 Å². The molecular weight excluding hydrogens is 492 g/mol. The third-order valence-corrected chi connectivity index (χ3v) is 7.54. The van der Waals surface area contributed by atoms with Gasteiger partial charge in [-0.05, 0) is 33.4 Å². The van der Waals surface area contributed by atoms with E-state index in [1.165, 1.54) is 0 Å². The Hall–Kier alpha value is -4.57. The molecular formula is C38H27Cl. The van der Waals surface area contributed by atoms with Gasteiger partial charge >= 0.3 is 0 Å². The lowest BCUT2D eigenvalue weighted by Gasteiger charge is -2.25. The standard InChI is InChI=1S/C38H27Cl/c39-38(28-27-29-17-7-1-2-8-18-29)36(32-23-13-5-14-24-32)34(30-19-9-3-10-20-30)35(31-21-11-4-12-22-31)37(38)33-25-15-6-16-26-33/h1-26,29H. The third-order valence-electron chi connectivity index (χ3n) is 7.07. The first-order valence-corrected chi connectivity index (χ1v) is 13.6. The van der Waals surface area contributed by atoms with E-state index in [-0.39, 0.29) is 5.92 Å². The quantitative estimate of drug-likeness (QED) is 0.186. The number of benzene rings is 4. The highest BCUT2D eigenvalue weighted by atomic mass is 35.5. The zero-order chi connectivity index (χ0) is 26.5. The Morgan fingerprint density at radius 3 is 1.21 bits per heavy atom. The van der Waals surface area contributed by atoms with E-state index in [0.29, 0.717) is 0 Å². The van der Waals surface area contributed by atoms with Crippen molar-refractivity contribution in [3.05, 3.63) is 180 Å². The van der Waals surface area contributed by atoms with Gasteiger partial charge in [-0.1, -0.05) is 181 Å². The van der Waals surface area contributed by atoms with Crippen LogP contribution in [0.25, 0.3) is 22.3 Å². The summed E-state index contributed by atoms with van der Waals surface area (Å²) in [5.74, 6) is 7.11. The highest BCUT2D eigenvalue weighted by Crippen LogP contribution is 2.59. The Bertz CT molecular complexity index is 1560. The minimum atomic E-state index is -1.08. The minimum Gasteiger partial charge on any atom is -0.0943 e. The molecule has 1 heteroatoms. The zero-order valence-corrected chi connectivity index (χ0v) is 22.2. The maximum atomic E-state index is 7.97. The van der Waals surface area contributed by atoms with E-state index in [0.717, 1.165) is 44.5 Å². The van der Waals surface area contributed by atoms with Gasteiger partial charge in [0.05, 0.1) is 5.92 Å². The Kier molecular flexibility index (Phi) is 7.01. The van der Waals surface area contributed by atoms with E-state index in [4.69, 9.17) is 11.6 Å². The van der Waals surface area contributed by atoms with E-state index in [1.54, 1.807) is 0 Å². The van der Waals surface area contributed by atoms with Crippen LogP contribution in [0.3, 0.4) is 0 Å². The molecule has 0 aromatic heterocycles. The van der Waals surface area contributed by atoms with Crippen LogP contribution >= 0.6 is 11.6 Å². The topological polar surface area (TPSA) is 0 Å². The highest BCUT2D eigenvalue weighted by molar-refractivity contribution is 6.49. The van der Waals surface area contributed by atoms with Crippen molar-refractivity contribution in [2.45, 2.75) is 4.87 Å². The van der Waals surface area contributed by atoms with Crippen LogP contribution in [0.2, 0.25) is 0 Å². The first-order valence-electron chi connectivity index (χ1n) is 13.2. The number of allylic oxidation sites excluding steroid dienone is 10. The molecule has 0 radical (unpaired) electrons. The minimum absolute atomic E-state index is 0.0365. The largest absolute Gasteiger partial charge is 0.157 e. The molecule has 0 nitrogen and oxygen atoms in total. The van der Waals surface area contributed by atoms with Gasteiger partial charge in [0.15, 0.2) is 4.87 Å². The average Bonchev–Trinajstić information content (AvgIpc) is 3.12. The van der Waals surface area contributed by atoms with Crippen molar-refractivity contribution >= 4 is 33.9 Å². The van der Waals surface area contributed by atoms with Gasteiger partial charge in [-0.25, -0.2) is 0 Å². The van der Waals surface area contributed by atoms with Crippen LogP contribution in [0.15, 0.2) is 158 Å². The zero-order valence-electron chi connectivity index (χ0n) is 21.5. The molecule has 6 rings (SSSR count). The number of hydrogen-bond donors (Lipinski definition) is 0. The van der Waals surface area contributed by atoms with Crippen LogP contribution in [0.1, 0.15) is 22.3 Å². The lowest BCUT2D eigenvalue weighted by Crippen LogP contribution is -2.22. The fourth-order valence-electron chi connectivity index (χ4n) is 5.37. The van der Waals surface area contributed by atoms with E-state index < -0.39 is 4.87 Å². The molecule has 0 amide bonds. The molecule has 39 heavy (non-hydrogen) atoms. The molecule has 4 aromatic rings. The predicted molar refractivity (Wildman–Crippen MR) is 167 cm³/mol. The van der Waals surface area contributed by atoms with Gasteiger partial charge in [0.25, 0.3) is 0 Å². The van der Waals surface area contributed by atoms with Crippen LogP contribution in [-0.4, -0.2) is 4.87 Å². The lowest BCUT2D eigenvalue weighted by atomic mass is 9.85. The van der Waals surface area contributed by atoms with Gasteiger partial charge in [0, 0.05) is 11.1 Å². The lowest BCUT2D eigenvalue weighted by molar-refractivity contribution is 1.11. The van der Waals surface area contributed by atoms with Gasteiger partial charge in [-0.2, -0.15) is 0 Å². The molecule has 0 heterocycles. The summed E-state index contributed by atoms with van der Waals surface area (Å²) >= 11 is 7.97. The molecule has 0 aliphatic heterocycles. The fourth-order valence-corrected chi connectivity index (χ4v) is 5.83. The molecule has 0 saturated heterocycles. The summed E-state index contributed by atoms with van der Waals surface area (Å²) in [4.78, 5) is -1.08. The van der Waals surface area contributed by atoms with E-state index in [2.05, 4.69) is 133 Å². The second-order valence-corrected chi connectivity index (χ2v) is 10.1. The monoisotopic (exact) mass is 518 g/mol. The summed E-state index contributed by atoms with van der Waals surface area (Å²) in [5.41, 5.74) is 8.62. The SMILES string of the molecule is ClC1(C#CC2C=CC=CC=C2)C(c2ccccc2)=C(c2ccccc2)C(c2ccccc2)=C1c1ccccc1. The van der Waals surface area contributed by atoms with Crippen molar-refractivity contribution in [3.63, 3.8) is 0 Å². The molecule has 0 spiro atoms. The molecule has 0 N–H and O–H groups in total. The molecule has 0 atom stereocenters. The van der Waals surface area contributed by atoms with Crippen molar-refractivity contribution in [3.8, 4) is 11.8 Å². The Balaban J connectivity index is 1.73. The molecule has 0 unspecified atom stereocenters. The van der Waals surface area contributed by atoms with Crippen LogP contribution in [0.5, 0.6) is 0 Å². The van der Waals surface area contributed by atoms with Crippen LogP contribution in [0.4, 0.5) is 0 Å². The fraction of sp³-hybridized carbons (Fsp3) is 0.0526. The molecule has 2 aliphatic carbocycles. The average molecular weight is 519 g/mol. The van der Waals surface area contributed by atoms with Crippen molar-refractivity contribution in [2.24, 2.45) is 5.92 Å². The summed E-state index contributed by atoms with van der Waals surface area (Å²) in [5, 5.41) is 0. The molecule has 2 aliphatic rings. The van der Waals surface area contributed by atoms with Gasteiger partial charge < -0.3 is 0 Å². The molecule has 0 saturated carbocycles. The van der Waals surface area contributed by atoms with E-state index in [1.807, 2.05) is 36.4 Å². The molecule has 0 fully saturated rings. The van der Waals surface area contributed by atoms with Crippen molar-refractivity contribution < 1.29 is 0 Å². The van der Waals surface area contributed by atoms with Crippen molar-refractivity contribution in [1.29, 1.82) is 0 Å². The summed E-state index contributed by atoms with van der Waals surface area (Å²) in [6.45, 7) is 0. The van der Waals surface area contributed by atoms with Crippen molar-refractivity contribution in [1.82, 2.24) is 0 Å². The Morgan fingerprint density at radius 1 is 0.462 bits per heavy atom. The summed E-state index contributed by atoms with van der Waals surface area (Å²) in [7, 11) is 0. The normalized spacial score (nSPS) is 16.2. The van der Waals surface area contributed by atoms with E-state index in [9.17, 15) is 0 Å². The number of alkyl halides is 1. The molecule has 4 aromatic carbocycles. The number of rotatable bonds is 4. The summed E-state index contributed by atoms with van der Waals surface area (Å²) in [6, 6.07) is 42.1. The van der Waals surface area contributed by atoms with E-state index >= 15 is 0 Å². The highest BCUT2D eigenvalue weighted by Gasteiger charge is 2.46. The first-order chi connectivity index (χ1) is 19.3. The maximum absolute atomic E-state index is 7.97. The maximum Gasteiger partial charge on any atom is 0.157 e. The molecule has 186 valence electrons. The molecule has 0 bridgehead atoms. The van der Waals surface area contributed by atoms with Gasteiger partial charge in [-0.15, -0.1) is 0 Å². The van der Waals surface area contributed by atoms with Crippen LogP contribution in [-0.2, 0) is 0 Å². The second kappa shape index (κ2) is 11.0. The predicted octanol–water partition coefficient (Wildman–Crippen LogP) is 9.50. The second-order valence-electron chi connectivity index (χ2n) is 9.57. The van der Waals surface area contributed by atoms with Crippen molar-refractivity contribution in [2.75, 3.05) is 0 Å². The van der Waals surface area contributed by atoms with Gasteiger partial charge in [0.2, 0.25) is 0 Å².